The van der Waals surface area contributed by atoms with E-state index in [0.717, 1.165) is 45.9 Å². The average molecular weight is 403 g/mol. The minimum absolute atomic E-state index is 0.00689. The molecule has 7 nitrogen and oxygen atoms in total. The Morgan fingerprint density at radius 1 is 1.33 bits per heavy atom. The molecule has 0 unspecified atom stereocenters. The van der Waals surface area contributed by atoms with Crippen LogP contribution >= 0.6 is 0 Å². The van der Waals surface area contributed by atoms with Gasteiger partial charge in [-0.05, 0) is 37.6 Å². The Bertz CT molecular complexity index is 1120. The second-order valence-corrected chi connectivity index (χ2v) is 7.59. The molecule has 154 valence electrons. The first kappa shape index (κ1) is 19.7. The molecule has 0 aliphatic carbocycles. The Labute approximate surface area is 176 Å². The van der Waals surface area contributed by atoms with Crippen LogP contribution in [0.2, 0.25) is 0 Å². The number of hydrogen-bond donors (Lipinski definition) is 4. The fraction of sp³-hybridized carbons (Fsp3) is 0.261. The zero-order chi connectivity index (χ0) is 21.3. The maximum absolute atomic E-state index is 12.1. The third kappa shape index (κ3) is 3.78. The Kier molecular flexibility index (Phi) is 5.27. The molecule has 2 aromatic carbocycles. The zero-order valence-corrected chi connectivity index (χ0v) is 17.4. The molecule has 1 aliphatic rings. The molecular weight excluding hydrogens is 376 g/mol. The lowest BCUT2D eigenvalue weighted by atomic mass is 9.95. The number of carbonyl (C=O) groups is 1. The van der Waals surface area contributed by atoms with E-state index in [1.165, 1.54) is 0 Å². The summed E-state index contributed by atoms with van der Waals surface area (Å²) in [6.45, 7) is 4.80. The van der Waals surface area contributed by atoms with Crippen molar-refractivity contribution in [2.24, 2.45) is 7.05 Å². The van der Waals surface area contributed by atoms with Crippen LogP contribution in [0.1, 0.15) is 31.4 Å². The SMILES string of the molecule is CCNc1ccc(-c2cccc3c2N[C@H](C)CC(=O)N3)cc1C(=N)c1cnn(C)c1. The highest BCUT2D eigenvalue weighted by molar-refractivity contribution is 6.14. The van der Waals surface area contributed by atoms with E-state index in [1.807, 2.05) is 63.5 Å². The predicted octanol–water partition coefficient (Wildman–Crippen LogP) is 4.08. The van der Waals surface area contributed by atoms with Gasteiger partial charge in [0.2, 0.25) is 5.91 Å². The second kappa shape index (κ2) is 8.02. The first-order valence-corrected chi connectivity index (χ1v) is 10.1. The van der Waals surface area contributed by atoms with Crippen molar-refractivity contribution in [1.29, 1.82) is 5.41 Å². The monoisotopic (exact) mass is 402 g/mol. The Morgan fingerprint density at radius 3 is 2.90 bits per heavy atom. The van der Waals surface area contributed by atoms with Gasteiger partial charge in [-0.2, -0.15) is 5.10 Å². The number of hydrogen-bond acceptors (Lipinski definition) is 5. The van der Waals surface area contributed by atoms with Gasteiger partial charge < -0.3 is 16.0 Å². The molecule has 0 radical (unpaired) electrons. The number of rotatable bonds is 5. The van der Waals surface area contributed by atoms with Crippen molar-refractivity contribution in [2.75, 3.05) is 22.5 Å². The van der Waals surface area contributed by atoms with Gasteiger partial charge >= 0.3 is 0 Å². The number of anilines is 3. The van der Waals surface area contributed by atoms with Crippen molar-refractivity contribution in [3.8, 4) is 11.1 Å². The van der Waals surface area contributed by atoms with Gasteiger partial charge in [-0.25, -0.2) is 0 Å². The van der Waals surface area contributed by atoms with Crippen LogP contribution in [0, 0.1) is 5.41 Å². The molecular formula is C23H26N6O. The van der Waals surface area contributed by atoms with Crippen LogP contribution in [0.3, 0.4) is 0 Å². The van der Waals surface area contributed by atoms with E-state index >= 15 is 0 Å². The summed E-state index contributed by atoms with van der Waals surface area (Å²) in [5, 5.41) is 22.8. The van der Waals surface area contributed by atoms with E-state index in [1.54, 1.807) is 10.9 Å². The predicted molar refractivity (Wildman–Crippen MR) is 122 cm³/mol. The lowest BCUT2D eigenvalue weighted by molar-refractivity contribution is -0.116. The first-order chi connectivity index (χ1) is 14.5. The number of para-hydroxylation sites is 1. The fourth-order valence-electron chi connectivity index (χ4n) is 3.80. The van der Waals surface area contributed by atoms with Crippen molar-refractivity contribution >= 4 is 28.7 Å². The second-order valence-electron chi connectivity index (χ2n) is 7.59. The molecule has 0 saturated heterocycles. The normalized spacial score (nSPS) is 15.6. The summed E-state index contributed by atoms with van der Waals surface area (Å²) in [4.78, 5) is 12.1. The van der Waals surface area contributed by atoms with Gasteiger partial charge in [0.05, 0.1) is 23.3 Å². The lowest BCUT2D eigenvalue weighted by Crippen LogP contribution is -2.19. The van der Waals surface area contributed by atoms with Crippen molar-refractivity contribution in [2.45, 2.75) is 26.3 Å². The summed E-state index contributed by atoms with van der Waals surface area (Å²) in [6, 6.07) is 12.0. The highest BCUT2D eigenvalue weighted by atomic mass is 16.1. The standard InChI is InChI=1S/C23H26N6O/c1-4-25-19-9-8-15(11-18(19)22(24)16-12-26-29(3)13-16)17-6-5-7-20-23(17)27-14(2)10-21(30)28-20/h5-9,11-14,24-25,27H,4,10H2,1-3H3,(H,28,30)/t14-/m1/s1. The summed E-state index contributed by atoms with van der Waals surface area (Å²) in [6.07, 6.45) is 3.97. The number of benzene rings is 2. The maximum Gasteiger partial charge on any atom is 0.226 e. The van der Waals surface area contributed by atoms with E-state index in [0.29, 0.717) is 12.1 Å². The van der Waals surface area contributed by atoms with Crippen molar-refractivity contribution < 1.29 is 4.79 Å². The van der Waals surface area contributed by atoms with E-state index in [9.17, 15) is 4.79 Å². The molecule has 4 N–H and O–H groups in total. The molecule has 3 aromatic rings. The lowest BCUT2D eigenvalue weighted by Gasteiger charge is -2.18. The van der Waals surface area contributed by atoms with Gasteiger partial charge in [0.1, 0.15) is 0 Å². The van der Waals surface area contributed by atoms with Crippen molar-refractivity contribution in [1.82, 2.24) is 9.78 Å². The summed E-state index contributed by atoms with van der Waals surface area (Å²) in [5.74, 6) is 0.00689. The fourth-order valence-corrected chi connectivity index (χ4v) is 3.80. The number of amides is 1. The number of aryl methyl sites for hydroxylation is 1. The third-order valence-electron chi connectivity index (χ3n) is 5.18. The molecule has 30 heavy (non-hydrogen) atoms. The van der Waals surface area contributed by atoms with Gasteiger partial charge in [0.15, 0.2) is 0 Å². The van der Waals surface area contributed by atoms with Gasteiger partial charge in [-0.15, -0.1) is 0 Å². The van der Waals surface area contributed by atoms with Crippen LogP contribution in [0.25, 0.3) is 11.1 Å². The molecule has 4 rings (SSSR count). The largest absolute Gasteiger partial charge is 0.385 e. The molecule has 1 atom stereocenters. The molecule has 7 heteroatoms. The van der Waals surface area contributed by atoms with Crippen LogP contribution in [-0.4, -0.2) is 34.0 Å². The number of aromatic nitrogens is 2. The number of nitrogens with one attached hydrogen (secondary N) is 4. The van der Waals surface area contributed by atoms with Gasteiger partial charge in [-0.3, -0.25) is 14.9 Å². The minimum Gasteiger partial charge on any atom is -0.385 e. The molecule has 1 aromatic heterocycles. The summed E-state index contributed by atoms with van der Waals surface area (Å²) >= 11 is 0. The molecule has 2 heterocycles. The van der Waals surface area contributed by atoms with Crippen LogP contribution in [0.15, 0.2) is 48.8 Å². The van der Waals surface area contributed by atoms with E-state index in [-0.39, 0.29) is 11.9 Å². The van der Waals surface area contributed by atoms with Crippen molar-refractivity contribution in [3.63, 3.8) is 0 Å². The minimum atomic E-state index is 0.00689. The Hall–Kier alpha value is -3.61. The van der Waals surface area contributed by atoms with E-state index in [2.05, 4.69) is 21.0 Å². The summed E-state index contributed by atoms with van der Waals surface area (Å²) < 4.78 is 1.70. The maximum atomic E-state index is 12.1. The van der Waals surface area contributed by atoms with Crippen LogP contribution in [0.4, 0.5) is 17.1 Å². The quantitative estimate of drug-likeness (QED) is 0.484. The zero-order valence-electron chi connectivity index (χ0n) is 17.4. The first-order valence-electron chi connectivity index (χ1n) is 10.1. The number of fused-ring (bicyclic) bond motifs is 1. The van der Waals surface area contributed by atoms with Crippen LogP contribution in [-0.2, 0) is 11.8 Å². The van der Waals surface area contributed by atoms with Crippen molar-refractivity contribution in [3.05, 3.63) is 59.9 Å². The Balaban J connectivity index is 1.82. The average Bonchev–Trinajstić information content (AvgIpc) is 3.08. The summed E-state index contributed by atoms with van der Waals surface area (Å²) in [7, 11) is 1.85. The molecule has 0 saturated carbocycles. The Morgan fingerprint density at radius 2 is 2.17 bits per heavy atom. The van der Waals surface area contributed by atoms with E-state index in [4.69, 9.17) is 5.41 Å². The molecule has 1 amide bonds. The van der Waals surface area contributed by atoms with Crippen LogP contribution < -0.4 is 16.0 Å². The number of carbonyl (C=O) groups excluding carboxylic acids is 1. The van der Waals surface area contributed by atoms with Gasteiger partial charge in [0.25, 0.3) is 0 Å². The highest BCUT2D eigenvalue weighted by Crippen LogP contribution is 2.38. The topological polar surface area (TPSA) is 94.8 Å². The smallest absolute Gasteiger partial charge is 0.226 e. The van der Waals surface area contributed by atoms with E-state index < -0.39 is 0 Å². The molecule has 0 bridgehead atoms. The highest BCUT2D eigenvalue weighted by Gasteiger charge is 2.21. The number of nitrogens with zero attached hydrogens (tertiary/aromatic N) is 2. The van der Waals surface area contributed by atoms with Gasteiger partial charge in [0, 0.05) is 54.6 Å². The van der Waals surface area contributed by atoms with Crippen LogP contribution in [0.5, 0.6) is 0 Å². The molecule has 1 aliphatic heterocycles. The molecule has 0 fully saturated rings. The van der Waals surface area contributed by atoms with Gasteiger partial charge in [-0.1, -0.05) is 18.2 Å². The third-order valence-corrected chi connectivity index (χ3v) is 5.18. The molecule has 0 spiro atoms. The summed E-state index contributed by atoms with van der Waals surface area (Å²) in [5.41, 5.74) is 6.56.